The average molecular weight is 471 g/mol. The van der Waals surface area contributed by atoms with Crippen molar-refractivity contribution >= 4 is 11.6 Å². The van der Waals surface area contributed by atoms with Gasteiger partial charge in [0.25, 0.3) is 0 Å². The van der Waals surface area contributed by atoms with Gasteiger partial charge in [-0.25, -0.2) is 9.78 Å². The van der Waals surface area contributed by atoms with Crippen molar-refractivity contribution in [1.82, 2.24) is 24.8 Å². The Labute approximate surface area is 203 Å². The summed E-state index contributed by atoms with van der Waals surface area (Å²) < 4.78 is 7.36. The highest BCUT2D eigenvalue weighted by Gasteiger charge is 2.11. The predicted octanol–water partition coefficient (Wildman–Crippen LogP) is 3.59. The smallest absolute Gasteiger partial charge is 0.349 e. The Morgan fingerprint density at radius 1 is 1.09 bits per heavy atom. The molecule has 0 saturated carbocycles. The highest BCUT2D eigenvalue weighted by molar-refractivity contribution is 5.50. The summed E-state index contributed by atoms with van der Waals surface area (Å²) in [6.07, 6.45) is 9.65. The number of ether oxygens (including phenoxy) is 1. The van der Waals surface area contributed by atoms with Gasteiger partial charge in [0.05, 0.1) is 6.61 Å². The van der Waals surface area contributed by atoms with E-state index in [-0.39, 0.29) is 11.7 Å². The maximum absolute atomic E-state index is 12.4. The first-order chi connectivity index (χ1) is 16.6. The van der Waals surface area contributed by atoms with Gasteiger partial charge in [-0.1, -0.05) is 25.8 Å². The van der Waals surface area contributed by atoms with Gasteiger partial charge in [0, 0.05) is 25.5 Å². The molecular weight excluding hydrogens is 430 g/mol. The van der Waals surface area contributed by atoms with Gasteiger partial charge in [-0.15, -0.1) is 6.04 Å². The van der Waals surface area contributed by atoms with Crippen LogP contribution in [0.1, 0.15) is 51.0 Å². The molecule has 34 heavy (non-hydrogen) atoms. The van der Waals surface area contributed by atoms with Crippen LogP contribution in [0.15, 0.2) is 35.4 Å². The summed E-state index contributed by atoms with van der Waals surface area (Å²) in [6, 6.07) is 5.77. The second-order valence-corrected chi connectivity index (χ2v) is 8.94. The van der Waals surface area contributed by atoms with Gasteiger partial charge in [0.1, 0.15) is 11.6 Å². The number of hydrogen-bond donors (Lipinski definition) is 2. The van der Waals surface area contributed by atoms with Crippen molar-refractivity contribution in [1.29, 1.82) is 0 Å². The molecule has 1 saturated heterocycles. The summed E-state index contributed by atoms with van der Waals surface area (Å²) in [5.41, 5.74) is 8.54. The topological polar surface area (TPSA) is 108 Å². The molecule has 9 nitrogen and oxygen atoms in total. The molecule has 2 aromatic heterocycles. The maximum atomic E-state index is 12.4. The summed E-state index contributed by atoms with van der Waals surface area (Å²) >= 11 is 0. The summed E-state index contributed by atoms with van der Waals surface area (Å²) in [4.78, 5) is 23.4. The zero-order valence-electron chi connectivity index (χ0n) is 20.5. The van der Waals surface area contributed by atoms with Crippen LogP contribution in [0, 0.1) is 0 Å². The van der Waals surface area contributed by atoms with Gasteiger partial charge in [-0.3, -0.25) is 4.57 Å². The van der Waals surface area contributed by atoms with Crippen LogP contribution in [-0.2, 0) is 17.9 Å². The number of aryl methyl sites for hydroxylation is 1. The van der Waals surface area contributed by atoms with E-state index in [1.54, 1.807) is 17.0 Å². The molecule has 9 heteroatoms. The number of pyridine rings is 1. The van der Waals surface area contributed by atoms with E-state index in [1.165, 1.54) is 0 Å². The van der Waals surface area contributed by atoms with Crippen LogP contribution >= 0.6 is 0 Å². The van der Waals surface area contributed by atoms with Crippen LogP contribution in [0.4, 0.5) is 11.6 Å². The van der Waals surface area contributed by atoms with Gasteiger partial charge in [-0.05, 0) is 76.1 Å². The van der Waals surface area contributed by atoms with Crippen LogP contribution in [0.5, 0.6) is 0 Å². The zero-order valence-corrected chi connectivity index (χ0v) is 20.5. The van der Waals surface area contributed by atoms with Crippen molar-refractivity contribution in [3.63, 3.8) is 0 Å². The number of hydrogen-bond acceptors (Lipinski definition) is 7. The van der Waals surface area contributed by atoms with E-state index in [4.69, 9.17) is 10.5 Å². The number of nitrogens with zero attached hydrogens (tertiary/aromatic N) is 4. The fraction of sp³-hybridized carbons (Fsp3) is 0.640. The average Bonchev–Trinajstić information content (AvgIpc) is 2.84. The van der Waals surface area contributed by atoms with Crippen molar-refractivity contribution < 1.29 is 4.74 Å². The molecule has 0 spiro atoms. The quantitative estimate of drug-likeness (QED) is 0.383. The Balaban J connectivity index is 1.35. The minimum absolute atomic E-state index is 0.114. The first-order valence-corrected chi connectivity index (χ1v) is 12.7. The molecule has 1 aliphatic heterocycles. The summed E-state index contributed by atoms with van der Waals surface area (Å²) in [5, 5.41) is 6.46. The zero-order chi connectivity index (χ0) is 24.0. The Bertz CT molecular complexity index is 880. The van der Waals surface area contributed by atoms with Gasteiger partial charge >= 0.3 is 5.69 Å². The molecule has 0 unspecified atom stereocenters. The molecule has 0 bridgehead atoms. The minimum atomic E-state index is -0.251. The van der Waals surface area contributed by atoms with E-state index in [9.17, 15) is 4.79 Å². The Kier molecular flexibility index (Phi) is 11.5. The van der Waals surface area contributed by atoms with E-state index < -0.39 is 0 Å². The van der Waals surface area contributed by atoms with Gasteiger partial charge in [0.15, 0.2) is 0 Å². The molecule has 3 rings (SSSR count). The molecule has 3 N–H and O–H groups in total. The van der Waals surface area contributed by atoms with Gasteiger partial charge in [0.2, 0.25) is 0 Å². The van der Waals surface area contributed by atoms with Crippen LogP contribution in [0.3, 0.4) is 0 Å². The predicted molar refractivity (Wildman–Crippen MR) is 136 cm³/mol. The minimum Gasteiger partial charge on any atom is -0.675 e. The molecule has 3 heterocycles. The van der Waals surface area contributed by atoms with Crippen molar-refractivity contribution in [3.05, 3.63) is 52.4 Å². The highest BCUT2D eigenvalue weighted by Crippen LogP contribution is 2.14. The lowest BCUT2D eigenvalue weighted by Gasteiger charge is -2.34. The van der Waals surface area contributed by atoms with E-state index in [1.807, 2.05) is 18.2 Å². The number of rotatable bonds is 15. The Morgan fingerprint density at radius 2 is 1.91 bits per heavy atom. The molecule has 0 atom stereocenters. The normalized spacial score (nSPS) is 15.0. The third-order valence-corrected chi connectivity index (χ3v) is 6.00. The highest BCUT2D eigenvalue weighted by atomic mass is 16.5. The van der Waals surface area contributed by atoms with Crippen LogP contribution in [-0.4, -0.2) is 64.8 Å². The second kappa shape index (κ2) is 14.8. The molecule has 2 aromatic rings. The Hall–Kier alpha value is -2.33. The molecule has 0 aromatic carbocycles. The molecule has 1 aliphatic rings. The first kappa shape index (κ1) is 26.3. The van der Waals surface area contributed by atoms with Crippen LogP contribution in [0.2, 0.25) is 0 Å². The molecule has 0 radical (unpaired) electrons. The van der Waals surface area contributed by atoms with Crippen molar-refractivity contribution in [3.8, 4) is 0 Å². The van der Waals surface area contributed by atoms with Crippen molar-refractivity contribution in [2.75, 3.05) is 44.6 Å². The summed E-state index contributed by atoms with van der Waals surface area (Å²) in [7, 11) is 0. The largest absolute Gasteiger partial charge is 0.675 e. The lowest BCUT2D eigenvalue weighted by atomic mass is 10.1. The Morgan fingerprint density at radius 3 is 2.65 bits per heavy atom. The number of nitrogens with one attached hydrogen (secondary N) is 3. The molecular formula is C25H40N7O2-. The fourth-order valence-electron chi connectivity index (χ4n) is 3.95. The third kappa shape index (κ3) is 9.50. The number of likely N-dealkylation sites (tertiary alicyclic amines) is 1. The molecule has 188 valence electrons. The monoisotopic (exact) mass is 470 g/mol. The van der Waals surface area contributed by atoms with Crippen LogP contribution < -0.4 is 16.3 Å². The molecule has 0 aliphatic carbocycles. The summed E-state index contributed by atoms with van der Waals surface area (Å²) in [5.74, 6) is 1.14. The first-order valence-electron chi connectivity index (χ1n) is 12.7. The van der Waals surface area contributed by atoms with E-state index in [0.29, 0.717) is 24.8 Å². The number of piperidine rings is 1. The SMILES string of the molecule is CCCNCCCOCc1ccc(Nc2ccn(CCCCN3CCC([NH-])CC3)c(=O)n2)nc1. The van der Waals surface area contributed by atoms with Gasteiger partial charge < -0.3 is 26.0 Å². The second-order valence-electron chi connectivity index (χ2n) is 8.94. The van der Waals surface area contributed by atoms with E-state index in [2.05, 4.69) is 32.4 Å². The van der Waals surface area contributed by atoms with Crippen LogP contribution in [0.25, 0.3) is 5.73 Å². The fourth-order valence-corrected chi connectivity index (χ4v) is 3.95. The van der Waals surface area contributed by atoms with E-state index in [0.717, 1.165) is 83.4 Å². The summed E-state index contributed by atoms with van der Waals surface area (Å²) in [6.45, 7) is 9.21. The molecule has 0 amide bonds. The lowest BCUT2D eigenvalue weighted by Crippen LogP contribution is -2.35. The molecule has 1 fully saturated rings. The lowest BCUT2D eigenvalue weighted by molar-refractivity contribution is 0.118. The number of anilines is 2. The van der Waals surface area contributed by atoms with Crippen molar-refractivity contribution in [2.45, 2.75) is 64.6 Å². The van der Waals surface area contributed by atoms with E-state index >= 15 is 0 Å². The van der Waals surface area contributed by atoms with Crippen molar-refractivity contribution in [2.24, 2.45) is 0 Å². The third-order valence-electron chi connectivity index (χ3n) is 6.00. The standard InChI is InChI=1S/C25H40N7O2/c1-2-11-27-12-5-18-34-20-21-6-7-23(28-19-21)29-24-10-17-32(25(33)30-24)14-4-3-13-31-15-8-22(26)9-16-31/h6-7,10,17,19,22,26-27H,2-5,8-9,11-16,18,20H2,1H3,(H,28,29,30,33)/q-1. The number of unbranched alkanes of at least 4 members (excludes halogenated alkanes) is 1. The maximum Gasteiger partial charge on any atom is 0.349 e. The number of aromatic nitrogens is 3. The van der Waals surface area contributed by atoms with Gasteiger partial charge in [-0.2, -0.15) is 4.98 Å².